The minimum Gasteiger partial charge on any atom is -0.458 e. The lowest BCUT2D eigenvalue weighted by Crippen LogP contribution is -2.46. The van der Waals surface area contributed by atoms with Gasteiger partial charge < -0.3 is 14.5 Å². The number of carbonyl (C=O) groups is 1. The van der Waals surface area contributed by atoms with Crippen molar-refractivity contribution in [2.45, 2.75) is 13.0 Å². The number of nitrogens with one attached hydrogen (secondary N) is 1. The fraction of sp³-hybridized carbons (Fsp3) is 0.500. The van der Waals surface area contributed by atoms with Gasteiger partial charge in [0.15, 0.2) is 5.76 Å². The minimum absolute atomic E-state index is 0.0298. The molecule has 0 aromatic carbocycles. The Hall–Kier alpha value is -1.13. The number of furan rings is 1. The summed E-state index contributed by atoms with van der Waals surface area (Å²) >= 11 is 0. The first-order chi connectivity index (χ1) is 6.77. The molecule has 1 aliphatic heterocycles. The molecule has 1 atom stereocenters. The smallest absolute Gasteiger partial charge is 0.217 e. The number of hydrogen-bond acceptors (Lipinski definition) is 4. The quantitative estimate of drug-likeness (QED) is 0.708. The number of aryl methyl sites for hydroxylation is 1. The number of morpholine rings is 1. The Balaban J connectivity index is 2.07. The number of ether oxygens (including phenoxy) is 1. The molecule has 1 N–H and O–H groups in total. The van der Waals surface area contributed by atoms with E-state index in [0.717, 1.165) is 12.3 Å². The van der Waals surface area contributed by atoms with Crippen LogP contribution in [0.15, 0.2) is 16.5 Å². The van der Waals surface area contributed by atoms with Crippen LogP contribution in [0.25, 0.3) is 0 Å². The van der Waals surface area contributed by atoms with Gasteiger partial charge in [-0.2, -0.15) is 0 Å². The van der Waals surface area contributed by atoms with E-state index in [2.05, 4.69) is 5.32 Å². The molecule has 14 heavy (non-hydrogen) atoms. The van der Waals surface area contributed by atoms with Crippen molar-refractivity contribution < 1.29 is 13.9 Å². The molecular weight excluding hydrogens is 182 g/mol. The van der Waals surface area contributed by atoms with Crippen LogP contribution in [0.2, 0.25) is 0 Å². The predicted molar refractivity (Wildman–Crippen MR) is 50.4 cm³/mol. The van der Waals surface area contributed by atoms with Crippen LogP contribution in [0.3, 0.4) is 0 Å². The molecule has 4 heteroatoms. The van der Waals surface area contributed by atoms with Crippen molar-refractivity contribution in [1.29, 1.82) is 0 Å². The van der Waals surface area contributed by atoms with Gasteiger partial charge in [0, 0.05) is 6.54 Å². The van der Waals surface area contributed by atoms with Gasteiger partial charge in [-0.1, -0.05) is 0 Å². The van der Waals surface area contributed by atoms with Gasteiger partial charge in [-0.25, -0.2) is 0 Å². The Bertz CT molecular complexity index is 326. The number of carbonyl (C=O) groups excluding carboxylic acids is 1. The highest BCUT2D eigenvalue weighted by Gasteiger charge is 2.24. The summed E-state index contributed by atoms with van der Waals surface area (Å²) in [6.07, 6.45) is 0. The van der Waals surface area contributed by atoms with Crippen LogP contribution in [-0.2, 0) is 4.74 Å². The van der Waals surface area contributed by atoms with Crippen LogP contribution in [0.1, 0.15) is 16.3 Å². The van der Waals surface area contributed by atoms with Crippen molar-refractivity contribution >= 4 is 5.78 Å². The van der Waals surface area contributed by atoms with Crippen LogP contribution in [0.4, 0.5) is 0 Å². The van der Waals surface area contributed by atoms with Crippen LogP contribution in [0.5, 0.6) is 0 Å². The fourth-order valence-corrected chi connectivity index (χ4v) is 1.47. The predicted octanol–water partition coefficient (Wildman–Crippen LogP) is 0.759. The maximum absolute atomic E-state index is 11.8. The Morgan fingerprint density at radius 1 is 1.57 bits per heavy atom. The zero-order valence-electron chi connectivity index (χ0n) is 8.08. The second kappa shape index (κ2) is 3.94. The summed E-state index contributed by atoms with van der Waals surface area (Å²) in [5.41, 5.74) is 0. The van der Waals surface area contributed by atoms with E-state index in [1.54, 1.807) is 12.1 Å². The van der Waals surface area contributed by atoms with Gasteiger partial charge in [0.2, 0.25) is 5.78 Å². The summed E-state index contributed by atoms with van der Waals surface area (Å²) < 4.78 is 10.5. The van der Waals surface area contributed by atoms with E-state index < -0.39 is 0 Å². The van der Waals surface area contributed by atoms with E-state index in [1.165, 1.54) is 0 Å². The second-order valence-corrected chi connectivity index (χ2v) is 3.36. The van der Waals surface area contributed by atoms with Crippen molar-refractivity contribution in [3.63, 3.8) is 0 Å². The maximum Gasteiger partial charge on any atom is 0.217 e. The lowest BCUT2D eigenvalue weighted by atomic mass is 10.1. The molecule has 0 aliphatic carbocycles. The summed E-state index contributed by atoms with van der Waals surface area (Å²) in [6.45, 7) is 3.64. The Labute approximate surface area is 82.2 Å². The average Bonchev–Trinajstić information content (AvgIpc) is 2.65. The molecule has 0 spiro atoms. The standard InChI is InChI=1S/C10H13NO3/c1-7-2-3-9(14-7)10(12)8-6-13-5-4-11-8/h2-3,8,11H,4-6H2,1H3. The first kappa shape index (κ1) is 9.43. The Kier molecular flexibility index (Phi) is 2.65. The molecule has 76 valence electrons. The first-order valence-corrected chi connectivity index (χ1v) is 4.69. The van der Waals surface area contributed by atoms with E-state index in [-0.39, 0.29) is 11.8 Å². The molecule has 0 radical (unpaired) electrons. The van der Waals surface area contributed by atoms with Gasteiger partial charge in [0.05, 0.1) is 19.3 Å². The molecule has 0 saturated carbocycles. The van der Waals surface area contributed by atoms with Crippen molar-refractivity contribution in [3.05, 3.63) is 23.7 Å². The van der Waals surface area contributed by atoms with Gasteiger partial charge in [0.25, 0.3) is 0 Å². The molecule has 1 aromatic heterocycles. The van der Waals surface area contributed by atoms with Gasteiger partial charge in [-0.05, 0) is 19.1 Å². The molecule has 1 aliphatic rings. The highest BCUT2D eigenvalue weighted by atomic mass is 16.5. The van der Waals surface area contributed by atoms with E-state index in [9.17, 15) is 4.79 Å². The number of hydrogen-bond donors (Lipinski definition) is 1. The fourth-order valence-electron chi connectivity index (χ4n) is 1.47. The topological polar surface area (TPSA) is 51.5 Å². The third-order valence-electron chi connectivity index (χ3n) is 2.22. The summed E-state index contributed by atoms with van der Waals surface area (Å²) in [7, 11) is 0. The van der Waals surface area contributed by atoms with Crippen molar-refractivity contribution in [2.75, 3.05) is 19.8 Å². The van der Waals surface area contributed by atoms with Gasteiger partial charge in [0.1, 0.15) is 5.76 Å². The Morgan fingerprint density at radius 3 is 3.00 bits per heavy atom. The number of Topliss-reactive ketones (excluding diaryl/α,β-unsaturated/α-hetero) is 1. The van der Waals surface area contributed by atoms with Crippen molar-refractivity contribution in [1.82, 2.24) is 5.32 Å². The summed E-state index contributed by atoms with van der Waals surface area (Å²) in [5, 5.41) is 3.09. The lowest BCUT2D eigenvalue weighted by Gasteiger charge is -2.21. The second-order valence-electron chi connectivity index (χ2n) is 3.36. The molecule has 1 fully saturated rings. The van der Waals surface area contributed by atoms with Crippen LogP contribution >= 0.6 is 0 Å². The zero-order valence-corrected chi connectivity index (χ0v) is 8.08. The Morgan fingerprint density at radius 2 is 2.43 bits per heavy atom. The van der Waals surface area contributed by atoms with Gasteiger partial charge in [-0.15, -0.1) is 0 Å². The highest BCUT2D eigenvalue weighted by Crippen LogP contribution is 2.10. The number of ketones is 1. The van der Waals surface area contributed by atoms with E-state index in [1.807, 2.05) is 6.92 Å². The minimum atomic E-state index is -0.255. The highest BCUT2D eigenvalue weighted by molar-refractivity contribution is 5.97. The monoisotopic (exact) mass is 195 g/mol. The van der Waals surface area contributed by atoms with Gasteiger partial charge >= 0.3 is 0 Å². The van der Waals surface area contributed by atoms with E-state index >= 15 is 0 Å². The first-order valence-electron chi connectivity index (χ1n) is 4.69. The molecule has 1 saturated heterocycles. The van der Waals surface area contributed by atoms with Crippen LogP contribution < -0.4 is 5.32 Å². The van der Waals surface area contributed by atoms with Crippen molar-refractivity contribution in [2.24, 2.45) is 0 Å². The van der Waals surface area contributed by atoms with Crippen molar-refractivity contribution in [3.8, 4) is 0 Å². The largest absolute Gasteiger partial charge is 0.458 e. The van der Waals surface area contributed by atoms with Crippen LogP contribution in [0, 0.1) is 6.92 Å². The van der Waals surface area contributed by atoms with Crippen LogP contribution in [-0.4, -0.2) is 31.6 Å². The molecule has 1 unspecified atom stereocenters. The maximum atomic E-state index is 11.8. The number of rotatable bonds is 2. The molecular formula is C10H13NO3. The molecule has 1 aromatic rings. The van der Waals surface area contributed by atoms with Gasteiger partial charge in [-0.3, -0.25) is 4.79 Å². The average molecular weight is 195 g/mol. The lowest BCUT2D eigenvalue weighted by molar-refractivity contribution is 0.0587. The molecule has 4 nitrogen and oxygen atoms in total. The molecule has 2 heterocycles. The SMILES string of the molecule is Cc1ccc(C(=O)C2COCCN2)o1. The third kappa shape index (κ3) is 1.86. The molecule has 0 amide bonds. The summed E-state index contributed by atoms with van der Waals surface area (Å²) in [4.78, 5) is 11.8. The van der Waals surface area contributed by atoms with E-state index in [0.29, 0.717) is 19.0 Å². The molecule has 0 bridgehead atoms. The van der Waals surface area contributed by atoms with E-state index in [4.69, 9.17) is 9.15 Å². The third-order valence-corrected chi connectivity index (χ3v) is 2.22. The summed E-state index contributed by atoms with van der Waals surface area (Å²) in [6, 6.07) is 3.24. The normalized spacial score (nSPS) is 22.2. The molecule has 2 rings (SSSR count). The zero-order chi connectivity index (χ0) is 9.97. The summed E-state index contributed by atoms with van der Waals surface area (Å²) in [5.74, 6) is 1.13.